The smallest absolute Gasteiger partial charge is 0.252 e. The van der Waals surface area contributed by atoms with Crippen LogP contribution >= 0.6 is 0 Å². The third-order valence-electron chi connectivity index (χ3n) is 27.3. The molecule has 134 heavy (non-hydrogen) atoms. The molecule has 0 bridgehead atoms. The fourth-order valence-electron chi connectivity index (χ4n) is 21.5. The number of anilines is 6. The molecule has 0 saturated carbocycles. The first-order chi connectivity index (χ1) is 72.8. The van der Waals surface area contributed by atoms with Crippen LogP contribution in [0.4, 0.5) is 34.1 Å². The van der Waals surface area contributed by atoms with Crippen LogP contribution in [0.25, 0.3) is 215 Å². The van der Waals surface area contributed by atoms with Gasteiger partial charge in [0, 0.05) is 105 Å². The van der Waals surface area contributed by atoms with Crippen LogP contribution in [0, 0.1) is 0 Å². The van der Waals surface area contributed by atoms with Crippen molar-refractivity contribution in [2.45, 2.75) is 0 Å². The van der Waals surface area contributed by atoms with Gasteiger partial charge in [-0.1, -0.05) is 364 Å². The maximum absolute atomic E-state index is 11.0. The summed E-state index contributed by atoms with van der Waals surface area (Å²) in [5, 5.41) is 4.24. The standard InChI is InChI=1S/C126H78BN5O2/c1-6-32-79(33-7-1)82-58-62-86(63-59-82)100-77-102(84-38-12-4-13-39-84)125-120(98-48-22-30-56-118(98)133-125)123(100)131-114-70-66-88(92-42-16-24-50-107(92)130-111-54-28-19-45-95(111)96-46-20-29-55-112(96)130)72-106(114)127-105-69-67-91(129-110-53-27-21-47-97(110)104-75-90(68-71-113(104)129)128-108-51-25-17-43-93(108)94-44-18-26-52-109(94)128)76-115(105)132(117-74-89(73-116(131)122(117)127)81-36-10-3-11-37-81)124-101(87-64-60-83(61-65-87)80-34-8-2-9-35-80)78-103(85-40-14-5-15-41-85)126-121(124)99-49-23-31-57-119(99)134-126/h1-78H/i17D,18D,21D,25D,26D,27D,43D,44D,47D,51D,52D,53D,68D,71D,75D. The van der Waals surface area contributed by atoms with Gasteiger partial charge in [0.25, 0.3) is 6.71 Å². The van der Waals surface area contributed by atoms with E-state index in [-0.39, 0.29) is 38.3 Å². The first-order valence-electron chi connectivity index (χ1n) is 52.4. The van der Waals surface area contributed by atoms with Crippen LogP contribution in [0.5, 0.6) is 0 Å². The molecular formula is C126H78BN5O2. The molecule has 21 aromatic carbocycles. The highest BCUT2D eigenvalue weighted by atomic mass is 16.3. The van der Waals surface area contributed by atoms with Gasteiger partial charge < -0.3 is 32.3 Å². The maximum Gasteiger partial charge on any atom is 0.252 e. The third kappa shape index (κ3) is 11.5. The van der Waals surface area contributed by atoms with E-state index in [1.165, 1.54) is 0 Å². The summed E-state index contributed by atoms with van der Waals surface area (Å²) in [5.41, 5.74) is 25.2. The SMILES string of the molecule is [2H]c1c([2H])c([2H])c2c(c1[2H])c1c([2H])c(-n3c4c([2H])c([2H])c([2H])c([2H])c4c4c([2H])c([2H])c([2H])c([2H])c43)c([2H])c([2H])c1n2-c1ccc2c(c1)N(c1c(-c3ccc(-c4ccccc4)cc3)cc(-c3ccccc3)c3oc4ccccc4c13)c1cc(-c3ccccc3)cc3c1B2c1cc(-c2ccccc2-n2c4ccccc4c4ccccc42)ccc1N3c1c(-c2ccc(-c3ccccc3)cc2)cc(-c2ccccc2)c2oc3ccccc3c12. The molecule has 2 aliphatic heterocycles. The van der Waals surface area contributed by atoms with Crippen LogP contribution in [0.1, 0.15) is 20.6 Å². The van der Waals surface area contributed by atoms with Gasteiger partial charge in [0.05, 0.1) is 81.5 Å². The molecule has 28 rings (SSSR count). The molecule has 0 atom stereocenters. The lowest BCUT2D eigenvalue weighted by atomic mass is 9.33. The Morgan fingerprint density at radius 2 is 0.612 bits per heavy atom. The lowest BCUT2D eigenvalue weighted by Gasteiger charge is -2.45. The number of aromatic nitrogens is 3. The molecule has 7 nitrogen and oxygen atoms in total. The minimum absolute atomic E-state index is 0.186. The van der Waals surface area contributed by atoms with Crippen LogP contribution < -0.4 is 26.2 Å². The van der Waals surface area contributed by atoms with Crippen molar-refractivity contribution in [3.63, 3.8) is 0 Å². The van der Waals surface area contributed by atoms with Crippen molar-refractivity contribution >= 4 is 167 Å². The highest BCUT2D eigenvalue weighted by Crippen LogP contribution is 2.58. The molecule has 26 aromatic rings. The molecule has 0 fully saturated rings. The lowest BCUT2D eigenvalue weighted by Crippen LogP contribution is -2.61. The molecular weight excluding hydrogens is 1630 g/mol. The molecule has 0 spiro atoms. The molecule has 0 radical (unpaired) electrons. The van der Waals surface area contributed by atoms with Gasteiger partial charge in [-0.3, -0.25) is 0 Å². The topological polar surface area (TPSA) is 47.6 Å². The van der Waals surface area contributed by atoms with E-state index in [1.54, 1.807) is 4.57 Å². The van der Waals surface area contributed by atoms with Gasteiger partial charge >= 0.3 is 0 Å². The van der Waals surface area contributed by atoms with Gasteiger partial charge in [0.2, 0.25) is 0 Å². The van der Waals surface area contributed by atoms with Gasteiger partial charge in [-0.2, -0.15) is 0 Å². The Balaban J connectivity index is 0.815. The van der Waals surface area contributed by atoms with Gasteiger partial charge in [0.1, 0.15) is 22.3 Å². The highest BCUT2D eigenvalue weighted by molar-refractivity contribution is 7.00. The Hall–Kier alpha value is -17.7. The first-order valence-corrected chi connectivity index (χ1v) is 44.9. The Morgan fingerprint density at radius 3 is 1.13 bits per heavy atom. The normalized spacial score (nSPS) is 14.0. The molecule has 622 valence electrons. The zero-order chi connectivity index (χ0) is 101. The Labute approximate surface area is 793 Å². The average Bonchev–Trinajstić information content (AvgIpc) is 0.903. The van der Waals surface area contributed by atoms with Crippen LogP contribution in [0.3, 0.4) is 0 Å². The van der Waals surface area contributed by atoms with Crippen molar-refractivity contribution in [2.24, 2.45) is 0 Å². The summed E-state index contributed by atoms with van der Waals surface area (Å²) in [6.45, 7) is -0.794. The van der Waals surface area contributed by atoms with Gasteiger partial charge in [-0.15, -0.1) is 0 Å². The zero-order valence-electron chi connectivity index (χ0n) is 86.5. The Morgan fingerprint density at radius 1 is 0.216 bits per heavy atom. The molecule has 0 amide bonds. The second-order valence-electron chi connectivity index (χ2n) is 34.5. The van der Waals surface area contributed by atoms with Gasteiger partial charge in [-0.25, -0.2) is 0 Å². The summed E-state index contributed by atoms with van der Waals surface area (Å²) in [7, 11) is 0. The van der Waals surface area contributed by atoms with E-state index >= 15 is 0 Å². The summed E-state index contributed by atoms with van der Waals surface area (Å²) in [6, 6.07) is 123. The summed E-state index contributed by atoms with van der Waals surface area (Å²) in [5.74, 6) is 0. The predicted octanol–water partition coefficient (Wildman–Crippen LogP) is 32.2. The van der Waals surface area contributed by atoms with E-state index in [0.29, 0.717) is 39.4 Å². The van der Waals surface area contributed by atoms with E-state index in [4.69, 9.17) is 11.6 Å². The molecule has 0 unspecified atom stereocenters. The first kappa shape index (κ1) is 61.7. The van der Waals surface area contributed by atoms with Crippen LogP contribution in [-0.2, 0) is 0 Å². The number of para-hydroxylation sites is 8. The minimum atomic E-state index is -0.794. The molecule has 0 N–H and O–H groups in total. The van der Waals surface area contributed by atoms with E-state index < -0.39 is 114 Å². The number of furan rings is 2. The Bertz CT molecular complexity index is 10200. The molecule has 2 aliphatic rings. The lowest BCUT2D eigenvalue weighted by molar-refractivity contribution is 0.669. The number of hydrogen-bond acceptors (Lipinski definition) is 4. The van der Waals surface area contributed by atoms with E-state index in [0.717, 1.165) is 176 Å². The summed E-state index contributed by atoms with van der Waals surface area (Å²) in [6.07, 6.45) is 0. The minimum Gasteiger partial charge on any atom is -0.455 e. The van der Waals surface area contributed by atoms with E-state index in [1.807, 2.05) is 97.1 Å². The second-order valence-corrected chi connectivity index (χ2v) is 34.5. The molecule has 7 heterocycles. The monoisotopic (exact) mass is 1720 g/mol. The van der Waals surface area contributed by atoms with Crippen LogP contribution in [0.2, 0.25) is 0 Å². The number of fused-ring (bicyclic) bond motifs is 19. The fraction of sp³-hybridized carbons (Fsp3) is 0. The van der Waals surface area contributed by atoms with Crippen molar-refractivity contribution in [1.29, 1.82) is 0 Å². The number of nitrogens with zero attached hydrogens (tertiary/aromatic N) is 5. The molecule has 0 aliphatic carbocycles. The number of rotatable bonds is 13. The molecule has 8 heteroatoms. The largest absolute Gasteiger partial charge is 0.455 e. The number of hydrogen-bond donors (Lipinski definition) is 0. The van der Waals surface area contributed by atoms with E-state index in [9.17, 15) is 17.8 Å². The van der Waals surface area contributed by atoms with Crippen molar-refractivity contribution < 1.29 is 29.4 Å². The van der Waals surface area contributed by atoms with Crippen LogP contribution in [0.15, 0.2) is 482 Å². The van der Waals surface area contributed by atoms with Crippen molar-refractivity contribution in [3.05, 3.63) is 473 Å². The Kier molecular flexibility index (Phi) is 13.8. The van der Waals surface area contributed by atoms with E-state index in [2.05, 4.69) is 299 Å². The van der Waals surface area contributed by atoms with Crippen molar-refractivity contribution in [3.8, 4) is 106 Å². The summed E-state index contributed by atoms with van der Waals surface area (Å²) < 4.78 is 168. The fourth-order valence-corrected chi connectivity index (χ4v) is 21.5. The van der Waals surface area contributed by atoms with Gasteiger partial charge in [0.15, 0.2) is 0 Å². The average molecular weight is 1720 g/mol. The second kappa shape index (κ2) is 29.9. The molecule has 5 aromatic heterocycles. The summed E-state index contributed by atoms with van der Waals surface area (Å²) >= 11 is 0. The quantitative estimate of drug-likeness (QED) is 0.108. The third-order valence-corrected chi connectivity index (χ3v) is 27.3. The van der Waals surface area contributed by atoms with Crippen LogP contribution in [-0.4, -0.2) is 20.4 Å². The van der Waals surface area contributed by atoms with Crippen molar-refractivity contribution in [2.75, 3.05) is 9.80 Å². The zero-order valence-corrected chi connectivity index (χ0v) is 71.5. The maximum atomic E-state index is 11.0. The predicted molar refractivity (Wildman–Crippen MR) is 562 cm³/mol. The van der Waals surface area contributed by atoms with Crippen molar-refractivity contribution in [1.82, 2.24) is 13.7 Å². The highest BCUT2D eigenvalue weighted by Gasteiger charge is 2.47. The number of benzene rings is 21. The van der Waals surface area contributed by atoms with Gasteiger partial charge in [-0.05, 0) is 187 Å². The summed E-state index contributed by atoms with van der Waals surface area (Å²) in [4.78, 5) is 4.85. The molecule has 0 saturated heterocycles.